The SMILES string of the molecule is CCCC/C=C\C/C=C\CCCCCCCC(=O)OCCCCCCCCCCCCCCCCCCCCCCCCCCCCCCCC(=O)NC(CO)C(O)/C=C/CCCCCCCCCCCC. The fourth-order valence-corrected chi connectivity index (χ4v) is 9.95. The normalized spacial score (nSPS) is 12.8. The molecule has 0 saturated heterocycles. The van der Waals surface area contributed by atoms with Gasteiger partial charge in [0.05, 0.1) is 25.4 Å². The highest BCUT2D eigenvalue weighted by molar-refractivity contribution is 5.76. The molecule has 3 N–H and O–H groups in total. The lowest BCUT2D eigenvalue weighted by Gasteiger charge is -2.20. The zero-order valence-electron chi connectivity index (χ0n) is 48.4. The van der Waals surface area contributed by atoms with Crippen LogP contribution >= 0.6 is 0 Å². The molecule has 6 nitrogen and oxygen atoms in total. The average molecular weight is 1010 g/mol. The van der Waals surface area contributed by atoms with Crippen molar-refractivity contribution in [2.24, 2.45) is 0 Å². The van der Waals surface area contributed by atoms with Crippen molar-refractivity contribution < 1.29 is 24.5 Å². The maximum absolute atomic E-state index is 12.4. The first-order valence-electron chi connectivity index (χ1n) is 32.3. The first kappa shape index (κ1) is 70.1. The standard InChI is InChI=1S/C66H125NO5/c1-3-5-7-9-11-13-15-17-36-40-44-48-52-56-60-66(71)72-61-57-53-49-45-41-37-34-32-30-28-26-24-22-20-18-19-21-23-25-27-29-31-33-35-39-43-47-51-55-59-65(70)67-63(62-68)64(69)58-54-50-46-42-38-16-14-12-10-8-6-4-2/h9,11,15,17,54,58,63-64,68-69H,3-8,10,12-14,16,18-53,55-57,59-62H2,1-2H3,(H,67,70)/b11-9-,17-15-,58-54+. The molecular formula is C66H125NO5. The number of aliphatic hydroxyl groups is 2. The van der Waals surface area contributed by atoms with E-state index in [0.29, 0.717) is 19.4 Å². The number of carbonyl (C=O) groups is 2. The van der Waals surface area contributed by atoms with Crippen LogP contribution in [-0.4, -0.2) is 47.4 Å². The first-order valence-corrected chi connectivity index (χ1v) is 32.3. The van der Waals surface area contributed by atoms with Gasteiger partial charge < -0.3 is 20.3 Å². The summed E-state index contributed by atoms with van der Waals surface area (Å²) >= 11 is 0. The molecule has 72 heavy (non-hydrogen) atoms. The minimum Gasteiger partial charge on any atom is -0.466 e. The summed E-state index contributed by atoms with van der Waals surface area (Å²) in [5.74, 6) is -0.0599. The van der Waals surface area contributed by atoms with Crippen molar-refractivity contribution in [3.8, 4) is 0 Å². The Kier molecular flexibility index (Phi) is 60.0. The number of unbranched alkanes of at least 4 members (excludes halogenated alkanes) is 45. The summed E-state index contributed by atoms with van der Waals surface area (Å²) in [6.07, 6.45) is 77.8. The molecule has 2 atom stereocenters. The van der Waals surface area contributed by atoms with E-state index in [9.17, 15) is 19.8 Å². The van der Waals surface area contributed by atoms with Gasteiger partial charge in [-0.15, -0.1) is 0 Å². The van der Waals surface area contributed by atoms with E-state index in [4.69, 9.17) is 4.74 Å². The lowest BCUT2D eigenvalue weighted by atomic mass is 10.0. The zero-order valence-corrected chi connectivity index (χ0v) is 48.4. The van der Waals surface area contributed by atoms with Crippen molar-refractivity contribution in [1.82, 2.24) is 5.32 Å². The Labute approximate surface area is 449 Å². The predicted molar refractivity (Wildman–Crippen MR) is 315 cm³/mol. The van der Waals surface area contributed by atoms with E-state index in [2.05, 4.69) is 43.5 Å². The van der Waals surface area contributed by atoms with Crippen molar-refractivity contribution in [2.45, 2.75) is 360 Å². The summed E-state index contributed by atoms with van der Waals surface area (Å²) in [5, 5.41) is 23.1. The third-order valence-electron chi connectivity index (χ3n) is 14.9. The van der Waals surface area contributed by atoms with Gasteiger partial charge in [0.2, 0.25) is 5.91 Å². The summed E-state index contributed by atoms with van der Waals surface area (Å²) in [6, 6.07) is -0.624. The first-order chi connectivity index (χ1) is 35.5. The van der Waals surface area contributed by atoms with Crippen LogP contribution in [0.2, 0.25) is 0 Å². The molecule has 0 rings (SSSR count). The molecule has 6 heteroatoms. The fourth-order valence-electron chi connectivity index (χ4n) is 9.95. The maximum atomic E-state index is 12.4. The largest absolute Gasteiger partial charge is 0.466 e. The number of ether oxygens (including phenoxy) is 1. The van der Waals surface area contributed by atoms with Gasteiger partial charge in [0, 0.05) is 12.8 Å². The second-order valence-electron chi connectivity index (χ2n) is 22.1. The number of hydrogen-bond donors (Lipinski definition) is 3. The fraction of sp³-hybridized carbons (Fsp3) is 0.879. The van der Waals surface area contributed by atoms with Gasteiger partial charge in [-0.3, -0.25) is 9.59 Å². The molecule has 424 valence electrons. The van der Waals surface area contributed by atoms with Crippen LogP contribution in [0.15, 0.2) is 36.5 Å². The maximum Gasteiger partial charge on any atom is 0.305 e. The predicted octanol–water partition coefficient (Wildman–Crippen LogP) is 20.4. The van der Waals surface area contributed by atoms with Gasteiger partial charge in [-0.05, 0) is 57.8 Å². The molecule has 0 spiro atoms. The molecule has 0 aromatic carbocycles. The molecule has 0 aromatic rings. The number of esters is 1. The van der Waals surface area contributed by atoms with Crippen LogP contribution in [0.3, 0.4) is 0 Å². The van der Waals surface area contributed by atoms with Crippen molar-refractivity contribution >= 4 is 11.9 Å². The Morgan fingerprint density at radius 2 is 0.708 bits per heavy atom. The number of rotatable bonds is 60. The lowest BCUT2D eigenvalue weighted by molar-refractivity contribution is -0.143. The Hall–Kier alpha value is -1.92. The van der Waals surface area contributed by atoms with Gasteiger partial charge in [-0.25, -0.2) is 0 Å². The highest BCUT2D eigenvalue weighted by atomic mass is 16.5. The van der Waals surface area contributed by atoms with Gasteiger partial charge >= 0.3 is 5.97 Å². The van der Waals surface area contributed by atoms with Crippen molar-refractivity contribution in [3.05, 3.63) is 36.5 Å². The van der Waals surface area contributed by atoms with Crippen molar-refractivity contribution in [1.29, 1.82) is 0 Å². The molecule has 0 fully saturated rings. The number of aliphatic hydroxyl groups excluding tert-OH is 2. The van der Waals surface area contributed by atoms with E-state index in [1.54, 1.807) is 6.08 Å². The second-order valence-corrected chi connectivity index (χ2v) is 22.1. The molecule has 1 amide bonds. The highest BCUT2D eigenvalue weighted by Gasteiger charge is 2.18. The van der Waals surface area contributed by atoms with Crippen LogP contribution in [0.1, 0.15) is 348 Å². The molecule has 0 aliphatic rings. The Morgan fingerprint density at radius 1 is 0.389 bits per heavy atom. The quantitative estimate of drug-likeness (QED) is 0.0320. The third kappa shape index (κ3) is 57.4. The van der Waals surface area contributed by atoms with E-state index < -0.39 is 12.1 Å². The molecule has 0 aliphatic heterocycles. The number of allylic oxidation sites excluding steroid dienone is 5. The summed E-state index contributed by atoms with van der Waals surface area (Å²) in [5.41, 5.74) is 0. The van der Waals surface area contributed by atoms with Crippen LogP contribution in [0.4, 0.5) is 0 Å². The minimum atomic E-state index is -0.841. The Balaban J connectivity index is 3.34. The second kappa shape index (κ2) is 61.6. The monoisotopic (exact) mass is 1010 g/mol. The third-order valence-corrected chi connectivity index (χ3v) is 14.9. The van der Waals surface area contributed by atoms with E-state index in [-0.39, 0.29) is 18.5 Å². The highest BCUT2D eigenvalue weighted by Crippen LogP contribution is 2.18. The number of amides is 1. The molecule has 0 bridgehead atoms. The van der Waals surface area contributed by atoms with Crippen LogP contribution < -0.4 is 5.32 Å². The molecule has 0 saturated carbocycles. The smallest absolute Gasteiger partial charge is 0.305 e. The molecule has 0 heterocycles. The van der Waals surface area contributed by atoms with Crippen molar-refractivity contribution in [2.75, 3.05) is 13.2 Å². The van der Waals surface area contributed by atoms with Gasteiger partial charge in [0.25, 0.3) is 0 Å². The minimum absolute atomic E-state index is 0.00441. The van der Waals surface area contributed by atoms with E-state index in [1.165, 1.54) is 270 Å². The van der Waals surface area contributed by atoms with Crippen LogP contribution in [0.5, 0.6) is 0 Å². The summed E-state index contributed by atoms with van der Waals surface area (Å²) in [6.45, 7) is 4.87. The summed E-state index contributed by atoms with van der Waals surface area (Å²) < 4.78 is 5.48. The molecule has 0 radical (unpaired) electrons. The Bertz CT molecular complexity index is 1170. The van der Waals surface area contributed by atoms with Gasteiger partial charge in [-0.2, -0.15) is 0 Å². The zero-order chi connectivity index (χ0) is 52.2. The number of hydrogen-bond acceptors (Lipinski definition) is 5. The number of carbonyl (C=O) groups excluding carboxylic acids is 2. The molecule has 2 unspecified atom stereocenters. The topological polar surface area (TPSA) is 95.9 Å². The van der Waals surface area contributed by atoms with E-state index >= 15 is 0 Å². The van der Waals surface area contributed by atoms with E-state index in [1.807, 2.05) is 6.08 Å². The van der Waals surface area contributed by atoms with Crippen LogP contribution in [0, 0.1) is 0 Å². The van der Waals surface area contributed by atoms with Crippen LogP contribution in [-0.2, 0) is 14.3 Å². The molecule has 0 aliphatic carbocycles. The lowest BCUT2D eigenvalue weighted by Crippen LogP contribution is -2.45. The molecule has 0 aromatic heterocycles. The average Bonchev–Trinajstić information content (AvgIpc) is 3.38. The van der Waals surface area contributed by atoms with Gasteiger partial charge in [0.1, 0.15) is 0 Å². The Morgan fingerprint density at radius 3 is 1.10 bits per heavy atom. The summed E-state index contributed by atoms with van der Waals surface area (Å²) in [4.78, 5) is 24.5. The van der Waals surface area contributed by atoms with Gasteiger partial charge in [-0.1, -0.05) is 314 Å². The van der Waals surface area contributed by atoms with E-state index in [0.717, 1.165) is 51.4 Å². The van der Waals surface area contributed by atoms with Crippen molar-refractivity contribution in [3.63, 3.8) is 0 Å². The van der Waals surface area contributed by atoms with Gasteiger partial charge in [0.15, 0.2) is 0 Å². The summed E-state index contributed by atoms with van der Waals surface area (Å²) in [7, 11) is 0. The molecular weight excluding hydrogens is 887 g/mol. The van der Waals surface area contributed by atoms with Crippen LogP contribution in [0.25, 0.3) is 0 Å². The number of nitrogens with one attached hydrogen (secondary N) is 1.